The molecule has 146 valence electrons. The predicted octanol–water partition coefficient (Wildman–Crippen LogP) is 1.25. The van der Waals surface area contributed by atoms with Gasteiger partial charge in [0.1, 0.15) is 0 Å². The molecule has 1 aromatic carbocycles. The number of urea groups is 1. The van der Waals surface area contributed by atoms with Crippen molar-refractivity contribution in [2.45, 2.75) is 19.3 Å². The van der Waals surface area contributed by atoms with Crippen LogP contribution < -0.4 is 20.4 Å². The fraction of sp³-hybridized carbons (Fsp3) is 0.600. The number of piperidine rings is 1. The lowest BCUT2D eigenvalue weighted by Gasteiger charge is -2.37. The first-order chi connectivity index (χ1) is 13.2. The number of carbonyl (C=O) groups excluding carboxylic acids is 2. The number of nitrogens with zero attached hydrogens (tertiary/aromatic N) is 3. The quantitative estimate of drug-likeness (QED) is 0.834. The molecular weight excluding hydrogens is 342 g/mol. The highest BCUT2D eigenvalue weighted by Crippen LogP contribution is 2.27. The fourth-order valence-electron chi connectivity index (χ4n) is 4.29. The Hall–Kier alpha value is -2.12. The minimum Gasteiger partial charge on any atom is -0.372 e. The Kier molecular flexibility index (Phi) is 5.59. The minimum absolute atomic E-state index is 0.198. The van der Waals surface area contributed by atoms with Crippen LogP contribution in [0.3, 0.4) is 0 Å². The topological polar surface area (TPSA) is 67.9 Å². The summed E-state index contributed by atoms with van der Waals surface area (Å²) in [5, 5.41) is 5.79. The van der Waals surface area contributed by atoms with Crippen molar-refractivity contribution >= 4 is 23.3 Å². The van der Waals surface area contributed by atoms with E-state index >= 15 is 0 Å². The summed E-state index contributed by atoms with van der Waals surface area (Å²) in [5.74, 6) is 0.602. The van der Waals surface area contributed by atoms with Gasteiger partial charge in [-0.3, -0.25) is 15.0 Å². The van der Waals surface area contributed by atoms with Crippen LogP contribution in [-0.4, -0.2) is 69.2 Å². The number of imide groups is 1. The van der Waals surface area contributed by atoms with Crippen LogP contribution in [0.15, 0.2) is 24.3 Å². The van der Waals surface area contributed by atoms with Crippen LogP contribution in [0.2, 0.25) is 0 Å². The molecule has 2 N–H and O–H groups in total. The molecule has 3 fully saturated rings. The number of anilines is 2. The van der Waals surface area contributed by atoms with Gasteiger partial charge in [0.15, 0.2) is 0 Å². The van der Waals surface area contributed by atoms with Crippen molar-refractivity contribution in [2.24, 2.45) is 5.92 Å². The van der Waals surface area contributed by atoms with Crippen molar-refractivity contribution in [1.82, 2.24) is 15.5 Å². The molecule has 0 bridgehead atoms. The second-order valence-electron chi connectivity index (χ2n) is 7.75. The molecule has 3 aliphatic rings. The Labute approximate surface area is 160 Å². The third-order valence-electron chi connectivity index (χ3n) is 5.92. The summed E-state index contributed by atoms with van der Waals surface area (Å²) < 4.78 is 0. The van der Waals surface area contributed by atoms with Crippen molar-refractivity contribution in [3.05, 3.63) is 24.3 Å². The Morgan fingerprint density at radius 1 is 0.889 bits per heavy atom. The fourth-order valence-corrected chi connectivity index (χ4v) is 4.29. The number of carbonyl (C=O) groups is 2. The largest absolute Gasteiger partial charge is 0.372 e. The molecule has 0 saturated carbocycles. The van der Waals surface area contributed by atoms with Crippen LogP contribution in [0.1, 0.15) is 19.3 Å². The lowest BCUT2D eigenvalue weighted by molar-refractivity contribution is -0.120. The van der Waals surface area contributed by atoms with Crippen LogP contribution in [0.5, 0.6) is 0 Å². The van der Waals surface area contributed by atoms with Crippen LogP contribution in [0.25, 0.3) is 0 Å². The van der Waals surface area contributed by atoms with Gasteiger partial charge in [0.2, 0.25) is 5.91 Å². The van der Waals surface area contributed by atoms with Gasteiger partial charge in [-0.2, -0.15) is 0 Å². The summed E-state index contributed by atoms with van der Waals surface area (Å²) >= 11 is 0. The molecule has 0 atom stereocenters. The molecule has 0 aromatic heterocycles. The Morgan fingerprint density at radius 3 is 2.22 bits per heavy atom. The highest BCUT2D eigenvalue weighted by molar-refractivity contribution is 6.05. The third kappa shape index (κ3) is 4.42. The van der Waals surface area contributed by atoms with E-state index in [0.717, 1.165) is 37.8 Å². The van der Waals surface area contributed by atoms with Crippen molar-refractivity contribution in [1.29, 1.82) is 0 Å². The molecule has 1 aromatic rings. The van der Waals surface area contributed by atoms with E-state index in [2.05, 4.69) is 32.6 Å². The third-order valence-corrected chi connectivity index (χ3v) is 5.92. The van der Waals surface area contributed by atoms with Crippen molar-refractivity contribution < 1.29 is 9.59 Å². The molecule has 0 aliphatic carbocycles. The molecule has 3 aliphatic heterocycles. The average molecular weight is 371 g/mol. The maximum absolute atomic E-state index is 12.0. The molecule has 27 heavy (non-hydrogen) atoms. The zero-order chi connectivity index (χ0) is 18.6. The molecule has 7 nitrogen and oxygen atoms in total. The monoisotopic (exact) mass is 371 g/mol. The molecule has 4 rings (SSSR count). The number of hydrogen-bond donors (Lipinski definition) is 2. The maximum Gasteiger partial charge on any atom is 0.328 e. The van der Waals surface area contributed by atoms with Gasteiger partial charge in [-0.1, -0.05) is 0 Å². The molecule has 3 amide bonds. The average Bonchev–Trinajstić information content (AvgIpc) is 2.70. The van der Waals surface area contributed by atoms with E-state index in [-0.39, 0.29) is 11.9 Å². The van der Waals surface area contributed by atoms with Gasteiger partial charge in [-0.25, -0.2) is 4.79 Å². The normalized spacial score (nSPS) is 22.8. The van der Waals surface area contributed by atoms with Crippen molar-refractivity contribution in [3.63, 3.8) is 0 Å². The van der Waals surface area contributed by atoms with Gasteiger partial charge in [0, 0.05) is 70.2 Å². The summed E-state index contributed by atoms with van der Waals surface area (Å²) in [6.45, 7) is 8.46. The second kappa shape index (κ2) is 8.27. The smallest absolute Gasteiger partial charge is 0.328 e. The molecular formula is C20H29N5O2. The minimum atomic E-state index is -0.326. The Bertz CT molecular complexity index is 663. The predicted molar refractivity (Wildman–Crippen MR) is 106 cm³/mol. The highest BCUT2D eigenvalue weighted by Gasteiger charge is 2.25. The summed E-state index contributed by atoms with van der Waals surface area (Å²) in [7, 11) is 0. The molecule has 3 saturated heterocycles. The number of hydrogen-bond acceptors (Lipinski definition) is 5. The first-order valence-corrected chi connectivity index (χ1v) is 10.1. The zero-order valence-corrected chi connectivity index (χ0v) is 15.8. The SMILES string of the molecule is O=C1CCN(c2ccc(N3CCC(CN4CCNCC4)CC3)cc2)C(=O)N1. The molecule has 0 unspecified atom stereocenters. The van der Waals surface area contributed by atoms with Gasteiger partial charge in [0.05, 0.1) is 0 Å². The van der Waals surface area contributed by atoms with Gasteiger partial charge >= 0.3 is 6.03 Å². The second-order valence-corrected chi connectivity index (χ2v) is 7.75. The number of nitrogens with one attached hydrogen (secondary N) is 2. The van der Waals surface area contributed by atoms with Gasteiger partial charge in [0.25, 0.3) is 0 Å². The zero-order valence-electron chi connectivity index (χ0n) is 15.8. The molecule has 7 heteroatoms. The van der Waals surface area contributed by atoms with Crippen molar-refractivity contribution in [3.8, 4) is 0 Å². The van der Waals surface area contributed by atoms with Crippen LogP contribution >= 0.6 is 0 Å². The lowest BCUT2D eigenvalue weighted by Crippen LogP contribution is -2.49. The van der Waals surface area contributed by atoms with Gasteiger partial charge in [-0.05, 0) is 43.0 Å². The van der Waals surface area contributed by atoms with E-state index in [1.807, 2.05) is 12.1 Å². The number of piperazine rings is 1. The first-order valence-electron chi connectivity index (χ1n) is 10.1. The molecule has 3 heterocycles. The summed E-state index contributed by atoms with van der Waals surface area (Å²) in [6.07, 6.45) is 2.83. The van der Waals surface area contributed by atoms with E-state index in [9.17, 15) is 9.59 Å². The maximum atomic E-state index is 12.0. The van der Waals surface area contributed by atoms with Gasteiger partial charge < -0.3 is 15.1 Å². The molecule has 0 radical (unpaired) electrons. The van der Waals surface area contributed by atoms with Crippen LogP contribution in [-0.2, 0) is 4.79 Å². The van der Waals surface area contributed by atoms with E-state index in [0.29, 0.717) is 13.0 Å². The standard InChI is InChI=1S/C20H29N5O2/c26-19-7-12-25(20(27)22-19)18-3-1-17(2-4-18)24-10-5-16(6-11-24)15-23-13-8-21-9-14-23/h1-4,16,21H,5-15H2,(H,22,26,27). The summed E-state index contributed by atoms with van der Waals surface area (Å²) in [4.78, 5) is 29.9. The van der Waals surface area contributed by atoms with E-state index in [4.69, 9.17) is 0 Å². The van der Waals surface area contributed by atoms with Crippen molar-refractivity contribution in [2.75, 3.05) is 62.2 Å². The Balaban J connectivity index is 1.29. The number of rotatable bonds is 4. The Morgan fingerprint density at radius 2 is 1.56 bits per heavy atom. The molecule has 0 spiro atoms. The number of amides is 3. The first kappa shape index (κ1) is 18.3. The van der Waals surface area contributed by atoms with E-state index in [1.54, 1.807) is 4.90 Å². The van der Waals surface area contributed by atoms with Gasteiger partial charge in [-0.15, -0.1) is 0 Å². The van der Waals surface area contributed by atoms with E-state index < -0.39 is 0 Å². The highest BCUT2D eigenvalue weighted by atomic mass is 16.2. The lowest BCUT2D eigenvalue weighted by atomic mass is 9.95. The number of benzene rings is 1. The summed E-state index contributed by atoms with van der Waals surface area (Å²) in [6, 6.07) is 7.83. The van der Waals surface area contributed by atoms with Crippen LogP contribution in [0, 0.1) is 5.92 Å². The van der Waals surface area contributed by atoms with Crippen LogP contribution in [0.4, 0.5) is 16.2 Å². The van der Waals surface area contributed by atoms with E-state index in [1.165, 1.54) is 38.2 Å². The summed E-state index contributed by atoms with van der Waals surface area (Å²) in [5.41, 5.74) is 2.06.